The second-order valence-electron chi connectivity index (χ2n) is 2.45. The molecular formula is C8H12N4O. The van der Waals surface area contributed by atoms with Crippen molar-refractivity contribution in [2.24, 2.45) is 0 Å². The molecule has 0 spiro atoms. The second kappa shape index (κ2) is 5.08. The van der Waals surface area contributed by atoms with Gasteiger partial charge in [0.15, 0.2) is 0 Å². The van der Waals surface area contributed by atoms with Gasteiger partial charge in [-0.15, -0.1) is 0 Å². The maximum absolute atomic E-state index is 11.1. The summed E-state index contributed by atoms with van der Waals surface area (Å²) < 4.78 is 0. The van der Waals surface area contributed by atoms with E-state index in [4.69, 9.17) is 0 Å². The Morgan fingerprint density at radius 2 is 2.15 bits per heavy atom. The molecule has 0 fully saturated rings. The van der Waals surface area contributed by atoms with E-state index in [-0.39, 0.29) is 6.03 Å². The van der Waals surface area contributed by atoms with Crippen LogP contribution in [0.4, 0.5) is 10.7 Å². The van der Waals surface area contributed by atoms with Crippen LogP contribution in [0.25, 0.3) is 0 Å². The van der Waals surface area contributed by atoms with Gasteiger partial charge in [0.05, 0.1) is 0 Å². The lowest BCUT2D eigenvalue weighted by atomic mass is 10.5. The van der Waals surface area contributed by atoms with Gasteiger partial charge in [-0.2, -0.15) is 0 Å². The molecule has 0 saturated heterocycles. The van der Waals surface area contributed by atoms with Gasteiger partial charge in [-0.25, -0.2) is 14.8 Å². The van der Waals surface area contributed by atoms with Crippen molar-refractivity contribution in [3.63, 3.8) is 0 Å². The number of nitrogens with zero attached hydrogens (tertiary/aromatic N) is 2. The van der Waals surface area contributed by atoms with E-state index in [1.165, 1.54) is 0 Å². The summed E-state index contributed by atoms with van der Waals surface area (Å²) in [4.78, 5) is 18.8. The van der Waals surface area contributed by atoms with E-state index in [0.717, 1.165) is 6.42 Å². The molecule has 0 saturated carbocycles. The van der Waals surface area contributed by atoms with Crippen molar-refractivity contribution in [2.45, 2.75) is 13.3 Å². The van der Waals surface area contributed by atoms with Crippen LogP contribution < -0.4 is 10.6 Å². The van der Waals surface area contributed by atoms with Gasteiger partial charge in [0.25, 0.3) is 0 Å². The van der Waals surface area contributed by atoms with E-state index in [9.17, 15) is 4.79 Å². The van der Waals surface area contributed by atoms with E-state index in [1.807, 2.05) is 6.92 Å². The average molecular weight is 180 g/mol. The predicted molar refractivity (Wildman–Crippen MR) is 49.3 cm³/mol. The first kappa shape index (κ1) is 9.44. The lowest BCUT2D eigenvalue weighted by Gasteiger charge is -2.03. The maximum Gasteiger partial charge on any atom is 0.321 e. The molecule has 5 nitrogen and oxygen atoms in total. The number of urea groups is 1. The first-order valence-electron chi connectivity index (χ1n) is 4.15. The molecule has 70 valence electrons. The van der Waals surface area contributed by atoms with Gasteiger partial charge >= 0.3 is 6.03 Å². The van der Waals surface area contributed by atoms with Crippen LogP contribution in [0.15, 0.2) is 18.5 Å². The number of hydrogen-bond acceptors (Lipinski definition) is 3. The number of rotatable bonds is 3. The molecule has 0 atom stereocenters. The molecule has 1 aromatic heterocycles. The van der Waals surface area contributed by atoms with Crippen molar-refractivity contribution in [2.75, 3.05) is 11.9 Å². The maximum atomic E-state index is 11.1. The largest absolute Gasteiger partial charge is 0.338 e. The highest BCUT2D eigenvalue weighted by atomic mass is 16.2. The minimum atomic E-state index is -0.270. The zero-order chi connectivity index (χ0) is 9.52. The highest BCUT2D eigenvalue weighted by Gasteiger charge is 2.00. The minimum absolute atomic E-state index is 0.270. The number of hydrogen-bond donors (Lipinski definition) is 2. The number of carbonyl (C=O) groups excluding carboxylic acids is 1. The van der Waals surface area contributed by atoms with Gasteiger partial charge in [0.1, 0.15) is 0 Å². The Hall–Kier alpha value is -1.65. The number of nitrogens with one attached hydrogen (secondary N) is 2. The van der Waals surface area contributed by atoms with E-state index < -0.39 is 0 Å². The van der Waals surface area contributed by atoms with Crippen molar-refractivity contribution in [1.29, 1.82) is 0 Å². The number of amides is 2. The Morgan fingerprint density at radius 3 is 2.77 bits per heavy atom. The lowest BCUT2D eigenvalue weighted by molar-refractivity contribution is 0.252. The van der Waals surface area contributed by atoms with Crippen LogP contribution in [0.2, 0.25) is 0 Å². The van der Waals surface area contributed by atoms with Crippen LogP contribution in [-0.4, -0.2) is 22.5 Å². The molecule has 5 heteroatoms. The Morgan fingerprint density at radius 1 is 1.46 bits per heavy atom. The smallest absolute Gasteiger partial charge is 0.321 e. The van der Waals surface area contributed by atoms with Gasteiger partial charge in [0.2, 0.25) is 5.95 Å². The van der Waals surface area contributed by atoms with Crippen molar-refractivity contribution >= 4 is 12.0 Å². The highest BCUT2D eigenvalue weighted by molar-refractivity contribution is 5.87. The molecule has 13 heavy (non-hydrogen) atoms. The Bertz CT molecular complexity index is 262. The van der Waals surface area contributed by atoms with Crippen molar-refractivity contribution in [3.05, 3.63) is 18.5 Å². The summed E-state index contributed by atoms with van der Waals surface area (Å²) >= 11 is 0. The lowest BCUT2D eigenvalue weighted by Crippen LogP contribution is -2.29. The van der Waals surface area contributed by atoms with Crippen LogP contribution in [0.1, 0.15) is 13.3 Å². The molecule has 2 N–H and O–H groups in total. The third kappa shape index (κ3) is 3.50. The summed E-state index contributed by atoms with van der Waals surface area (Å²) in [5, 5.41) is 5.16. The average Bonchev–Trinajstić information content (AvgIpc) is 2.16. The van der Waals surface area contributed by atoms with Gasteiger partial charge in [-0.3, -0.25) is 5.32 Å². The van der Waals surface area contributed by atoms with Crippen molar-refractivity contribution in [1.82, 2.24) is 15.3 Å². The van der Waals surface area contributed by atoms with E-state index in [0.29, 0.717) is 12.5 Å². The van der Waals surface area contributed by atoms with Crippen molar-refractivity contribution < 1.29 is 4.79 Å². The van der Waals surface area contributed by atoms with E-state index in [1.54, 1.807) is 18.5 Å². The summed E-state index contributed by atoms with van der Waals surface area (Å²) in [7, 11) is 0. The standard InChI is InChI=1S/C8H12N4O/c1-2-4-11-8(13)12-7-9-5-3-6-10-7/h3,5-6H,2,4H2,1H3,(H2,9,10,11,12,13). The topological polar surface area (TPSA) is 66.9 Å². The van der Waals surface area contributed by atoms with Crippen LogP contribution in [0.5, 0.6) is 0 Å². The fourth-order valence-electron chi connectivity index (χ4n) is 0.748. The first-order valence-corrected chi connectivity index (χ1v) is 4.15. The quantitative estimate of drug-likeness (QED) is 0.729. The van der Waals surface area contributed by atoms with Crippen LogP contribution in [0.3, 0.4) is 0 Å². The number of anilines is 1. The summed E-state index contributed by atoms with van der Waals surface area (Å²) in [6, 6.07) is 1.42. The fraction of sp³-hybridized carbons (Fsp3) is 0.375. The number of aromatic nitrogens is 2. The summed E-state index contributed by atoms with van der Waals surface area (Å²) in [6.45, 7) is 2.64. The Kier molecular flexibility index (Phi) is 3.69. The first-order chi connectivity index (χ1) is 6.33. The second-order valence-corrected chi connectivity index (χ2v) is 2.45. The van der Waals surface area contributed by atoms with E-state index >= 15 is 0 Å². The van der Waals surface area contributed by atoms with Gasteiger partial charge in [0, 0.05) is 18.9 Å². The van der Waals surface area contributed by atoms with E-state index in [2.05, 4.69) is 20.6 Å². The summed E-state index contributed by atoms with van der Waals surface area (Å²) in [6.07, 6.45) is 4.05. The molecule has 0 unspecified atom stereocenters. The fourth-order valence-corrected chi connectivity index (χ4v) is 0.748. The molecule has 0 aromatic carbocycles. The molecule has 0 aliphatic heterocycles. The van der Waals surface area contributed by atoms with Gasteiger partial charge < -0.3 is 5.32 Å². The molecule has 0 aliphatic rings. The molecule has 0 radical (unpaired) electrons. The molecular weight excluding hydrogens is 168 g/mol. The third-order valence-electron chi connectivity index (χ3n) is 1.33. The van der Waals surface area contributed by atoms with Crippen molar-refractivity contribution in [3.8, 4) is 0 Å². The molecule has 0 bridgehead atoms. The van der Waals surface area contributed by atoms with Crippen LogP contribution >= 0.6 is 0 Å². The molecule has 1 aromatic rings. The zero-order valence-electron chi connectivity index (χ0n) is 7.45. The SMILES string of the molecule is CCCNC(=O)Nc1ncccn1. The summed E-state index contributed by atoms with van der Waals surface area (Å²) in [5.74, 6) is 0.316. The van der Waals surface area contributed by atoms with Crippen LogP contribution in [-0.2, 0) is 0 Å². The van der Waals surface area contributed by atoms with Crippen LogP contribution in [0, 0.1) is 0 Å². The molecule has 0 aliphatic carbocycles. The normalized spacial score (nSPS) is 9.31. The monoisotopic (exact) mass is 180 g/mol. The zero-order valence-corrected chi connectivity index (χ0v) is 7.45. The third-order valence-corrected chi connectivity index (χ3v) is 1.33. The Labute approximate surface area is 76.6 Å². The Balaban J connectivity index is 2.37. The predicted octanol–water partition coefficient (Wildman–Crippen LogP) is 1.01. The highest BCUT2D eigenvalue weighted by Crippen LogP contribution is 1.92. The minimum Gasteiger partial charge on any atom is -0.338 e. The molecule has 1 rings (SSSR count). The van der Waals surface area contributed by atoms with Gasteiger partial charge in [-0.1, -0.05) is 6.92 Å². The number of carbonyl (C=O) groups is 1. The molecule has 2 amide bonds. The summed E-state index contributed by atoms with van der Waals surface area (Å²) in [5.41, 5.74) is 0. The molecule has 1 heterocycles. The van der Waals surface area contributed by atoms with Gasteiger partial charge in [-0.05, 0) is 12.5 Å².